The summed E-state index contributed by atoms with van der Waals surface area (Å²) in [6.45, 7) is -0.178. The Kier molecular flexibility index (Phi) is 5.02. The number of halogens is 1. The monoisotopic (exact) mass is 358 g/mol. The number of nitrogens with zero attached hydrogens (tertiary/aromatic N) is 1. The molecular formula is C18H15ClN2O4. The lowest BCUT2D eigenvalue weighted by molar-refractivity contribution is 0.102. The van der Waals surface area contributed by atoms with Gasteiger partial charge in [0.1, 0.15) is 29.0 Å². The maximum Gasteiger partial charge on any atom is 0.258 e. The first-order valence-electron chi connectivity index (χ1n) is 7.42. The first-order chi connectivity index (χ1) is 12.1. The Morgan fingerprint density at radius 3 is 2.84 bits per heavy atom. The topological polar surface area (TPSA) is 84.6 Å². The Morgan fingerprint density at radius 2 is 2.16 bits per heavy atom. The fourth-order valence-corrected chi connectivity index (χ4v) is 2.54. The molecule has 2 N–H and O–H groups in total. The minimum Gasteiger partial charge on any atom is -0.496 e. The molecule has 25 heavy (non-hydrogen) atoms. The van der Waals surface area contributed by atoms with Crippen LogP contribution in [0.2, 0.25) is 5.15 Å². The number of benzene rings is 1. The molecule has 0 radical (unpaired) electrons. The fraction of sp³-hybridized carbons (Fsp3) is 0.111. The van der Waals surface area contributed by atoms with Crippen molar-refractivity contribution in [3.05, 3.63) is 65.1 Å². The highest BCUT2D eigenvalue weighted by Crippen LogP contribution is 2.33. The van der Waals surface area contributed by atoms with Gasteiger partial charge in [-0.15, -0.1) is 0 Å². The zero-order chi connectivity index (χ0) is 17.8. The molecule has 0 aliphatic carbocycles. The van der Waals surface area contributed by atoms with Gasteiger partial charge in [-0.3, -0.25) is 4.79 Å². The molecule has 6 nitrogen and oxygen atoms in total. The van der Waals surface area contributed by atoms with Crippen molar-refractivity contribution in [3.63, 3.8) is 0 Å². The van der Waals surface area contributed by atoms with E-state index in [1.54, 1.807) is 42.5 Å². The number of aliphatic hydroxyl groups excluding tert-OH is 1. The summed E-state index contributed by atoms with van der Waals surface area (Å²) < 4.78 is 10.9. The molecule has 0 spiro atoms. The van der Waals surface area contributed by atoms with Crippen LogP contribution in [0.1, 0.15) is 16.1 Å². The van der Waals surface area contributed by atoms with E-state index in [1.807, 2.05) is 0 Å². The molecule has 1 aromatic carbocycles. The molecule has 0 fully saturated rings. The quantitative estimate of drug-likeness (QED) is 0.678. The maximum absolute atomic E-state index is 12.3. The van der Waals surface area contributed by atoms with Crippen LogP contribution in [0.5, 0.6) is 5.75 Å². The summed E-state index contributed by atoms with van der Waals surface area (Å²) in [5.41, 5.74) is 1.53. The molecule has 3 aromatic rings. The van der Waals surface area contributed by atoms with E-state index in [4.69, 9.17) is 25.9 Å². The number of carbonyl (C=O) groups is 1. The number of aliphatic hydroxyl groups is 1. The Hall–Kier alpha value is -2.83. The average molecular weight is 359 g/mol. The van der Waals surface area contributed by atoms with Gasteiger partial charge in [-0.2, -0.15) is 0 Å². The van der Waals surface area contributed by atoms with E-state index < -0.39 is 0 Å². The number of hydrogen-bond acceptors (Lipinski definition) is 5. The summed E-state index contributed by atoms with van der Waals surface area (Å²) in [4.78, 5) is 16.2. The third kappa shape index (κ3) is 3.65. The highest BCUT2D eigenvalue weighted by Gasteiger charge is 2.14. The van der Waals surface area contributed by atoms with E-state index in [2.05, 4.69) is 10.3 Å². The van der Waals surface area contributed by atoms with Gasteiger partial charge in [-0.1, -0.05) is 11.6 Å². The Morgan fingerprint density at radius 1 is 1.32 bits per heavy atom. The second-order valence-corrected chi connectivity index (χ2v) is 5.49. The fourth-order valence-electron chi connectivity index (χ4n) is 2.33. The Bertz CT molecular complexity index is 908. The number of pyridine rings is 1. The van der Waals surface area contributed by atoms with Crippen LogP contribution in [0.25, 0.3) is 11.3 Å². The lowest BCUT2D eigenvalue weighted by atomic mass is 10.1. The van der Waals surface area contributed by atoms with Gasteiger partial charge in [0.05, 0.1) is 18.2 Å². The highest BCUT2D eigenvalue weighted by atomic mass is 35.5. The molecule has 0 atom stereocenters. The van der Waals surface area contributed by atoms with Gasteiger partial charge in [-0.25, -0.2) is 4.98 Å². The first-order valence-corrected chi connectivity index (χ1v) is 7.80. The third-order valence-electron chi connectivity index (χ3n) is 3.55. The normalized spacial score (nSPS) is 10.5. The molecular weight excluding hydrogens is 344 g/mol. The van der Waals surface area contributed by atoms with Crippen LogP contribution in [0.15, 0.2) is 53.1 Å². The summed E-state index contributed by atoms with van der Waals surface area (Å²) in [5, 5.41) is 12.0. The molecule has 0 saturated carbocycles. The Labute approximate surface area is 149 Å². The van der Waals surface area contributed by atoms with Crippen molar-refractivity contribution in [1.29, 1.82) is 0 Å². The predicted molar refractivity (Wildman–Crippen MR) is 93.8 cm³/mol. The Balaban J connectivity index is 1.86. The lowest BCUT2D eigenvalue weighted by Gasteiger charge is -2.11. The molecule has 128 valence electrons. The first kappa shape index (κ1) is 17.0. The smallest absolute Gasteiger partial charge is 0.258 e. The predicted octanol–water partition coefficient (Wildman–Crippen LogP) is 3.75. The van der Waals surface area contributed by atoms with Gasteiger partial charge in [0.15, 0.2) is 0 Å². The number of carbonyl (C=O) groups excluding carboxylic acids is 1. The van der Waals surface area contributed by atoms with E-state index in [9.17, 15) is 4.79 Å². The second-order valence-electron chi connectivity index (χ2n) is 5.14. The van der Waals surface area contributed by atoms with E-state index in [0.29, 0.717) is 28.5 Å². The van der Waals surface area contributed by atoms with E-state index >= 15 is 0 Å². The zero-order valence-electron chi connectivity index (χ0n) is 13.3. The second kappa shape index (κ2) is 7.38. The summed E-state index contributed by atoms with van der Waals surface area (Å²) >= 11 is 5.94. The van der Waals surface area contributed by atoms with Crippen LogP contribution in [-0.4, -0.2) is 23.1 Å². The number of amides is 1. The standard InChI is InChI=1S/C18H15ClN2O4/c1-24-16-9-11(21-18(23)14-3-2-8-20-17(14)19)4-6-13(16)15-7-5-12(10-22)25-15/h2-9,22H,10H2,1H3,(H,21,23). The number of nitrogens with one attached hydrogen (secondary N) is 1. The molecule has 2 aromatic heterocycles. The number of aromatic nitrogens is 1. The SMILES string of the molecule is COc1cc(NC(=O)c2cccnc2Cl)ccc1-c1ccc(CO)o1. The van der Waals surface area contributed by atoms with Crippen molar-refractivity contribution in [2.45, 2.75) is 6.61 Å². The van der Waals surface area contributed by atoms with E-state index in [-0.39, 0.29) is 23.2 Å². The van der Waals surface area contributed by atoms with Crippen LogP contribution in [0.4, 0.5) is 5.69 Å². The number of methoxy groups -OCH3 is 1. The molecule has 7 heteroatoms. The number of ether oxygens (including phenoxy) is 1. The summed E-state index contributed by atoms with van der Waals surface area (Å²) in [7, 11) is 1.53. The van der Waals surface area contributed by atoms with Gasteiger partial charge in [0.2, 0.25) is 0 Å². The number of furan rings is 1. The molecule has 0 bridgehead atoms. The molecule has 0 aliphatic rings. The molecule has 0 aliphatic heterocycles. The summed E-state index contributed by atoms with van der Waals surface area (Å²) in [6, 6.07) is 11.8. The third-order valence-corrected chi connectivity index (χ3v) is 3.85. The molecule has 0 saturated heterocycles. The van der Waals surface area contributed by atoms with Gasteiger partial charge < -0.3 is 19.6 Å². The van der Waals surface area contributed by atoms with Crippen molar-refractivity contribution in [2.75, 3.05) is 12.4 Å². The van der Waals surface area contributed by atoms with Crippen molar-refractivity contribution in [1.82, 2.24) is 4.98 Å². The lowest BCUT2D eigenvalue weighted by Crippen LogP contribution is -2.13. The van der Waals surface area contributed by atoms with Gasteiger partial charge in [-0.05, 0) is 36.4 Å². The van der Waals surface area contributed by atoms with Crippen molar-refractivity contribution < 1.29 is 19.1 Å². The largest absolute Gasteiger partial charge is 0.496 e. The van der Waals surface area contributed by atoms with Gasteiger partial charge in [0.25, 0.3) is 5.91 Å². The molecule has 1 amide bonds. The van der Waals surface area contributed by atoms with Crippen LogP contribution < -0.4 is 10.1 Å². The number of rotatable bonds is 5. The zero-order valence-corrected chi connectivity index (χ0v) is 14.1. The maximum atomic E-state index is 12.3. The summed E-state index contributed by atoms with van der Waals surface area (Å²) in [5.74, 6) is 1.18. The number of hydrogen-bond donors (Lipinski definition) is 2. The minimum atomic E-state index is -0.367. The number of anilines is 1. The minimum absolute atomic E-state index is 0.135. The van der Waals surface area contributed by atoms with E-state index in [0.717, 1.165) is 0 Å². The molecule has 0 unspecified atom stereocenters. The molecule has 3 rings (SSSR count). The van der Waals surface area contributed by atoms with Crippen molar-refractivity contribution >= 4 is 23.2 Å². The van der Waals surface area contributed by atoms with Crippen LogP contribution in [0, 0.1) is 0 Å². The van der Waals surface area contributed by atoms with Crippen molar-refractivity contribution in [2.24, 2.45) is 0 Å². The van der Waals surface area contributed by atoms with Crippen LogP contribution >= 0.6 is 11.6 Å². The molecule has 2 heterocycles. The van der Waals surface area contributed by atoms with Crippen LogP contribution in [0.3, 0.4) is 0 Å². The average Bonchev–Trinajstić information content (AvgIpc) is 3.11. The highest BCUT2D eigenvalue weighted by molar-refractivity contribution is 6.33. The van der Waals surface area contributed by atoms with E-state index in [1.165, 1.54) is 13.3 Å². The summed E-state index contributed by atoms with van der Waals surface area (Å²) in [6.07, 6.45) is 1.51. The van der Waals surface area contributed by atoms with Gasteiger partial charge >= 0.3 is 0 Å². The van der Waals surface area contributed by atoms with Gasteiger partial charge in [0, 0.05) is 18.0 Å². The van der Waals surface area contributed by atoms with Crippen molar-refractivity contribution in [3.8, 4) is 17.1 Å². The van der Waals surface area contributed by atoms with Crippen LogP contribution in [-0.2, 0) is 6.61 Å².